The number of pyridine rings is 1. The average molecular weight is 483 g/mol. The van der Waals surface area contributed by atoms with Gasteiger partial charge < -0.3 is 5.32 Å². The van der Waals surface area contributed by atoms with Crippen molar-refractivity contribution in [2.45, 2.75) is 11.8 Å². The molecule has 9 heteroatoms. The lowest BCUT2D eigenvalue weighted by molar-refractivity contribution is 0.601. The Bertz CT molecular complexity index is 1200. The summed E-state index contributed by atoms with van der Waals surface area (Å²) in [5.41, 5.74) is 0.922. The Morgan fingerprint density at radius 1 is 1.04 bits per heavy atom. The van der Waals surface area contributed by atoms with Gasteiger partial charge >= 0.3 is 0 Å². The molecular weight excluding hydrogens is 466 g/mol. The third-order valence-electron chi connectivity index (χ3n) is 4.08. The first kappa shape index (κ1) is 20.4. The third-order valence-corrected chi connectivity index (χ3v) is 6.26. The minimum atomic E-state index is -3.84. The number of aromatic nitrogens is 1. The first-order chi connectivity index (χ1) is 13.2. The first-order valence-corrected chi connectivity index (χ1v) is 10.8. The van der Waals surface area contributed by atoms with Crippen LogP contribution in [0.4, 0.5) is 17.2 Å². The zero-order chi connectivity index (χ0) is 20.5. The van der Waals surface area contributed by atoms with Gasteiger partial charge in [0, 0.05) is 17.1 Å². The number of halogens is 2. The molecule has 0 radical (unpaired) electrons. The molecule has 0 aliphatic heterocycles. The fraction of sp³-hybridized carbons (Fsp3) is 0.105. The van der Waals surface area contributed by atoms with Crippen LogP contribution in [0, 0.1) is 6.92 Å². The smallest absolute Gasteiger partial charge is 0.262 e. The molecule has 0 spiro atoms. The van der Waals surface area contributed by atoms with Crippen LogP contribution in [-0.4, -0.2) is 13.0 Å². The van der Waals surface area contributed by atoms with Crippen LogP contribution in [0.1, 0.15) is 5.56 Å². The Morgan fingerprint density at radius 2 is 1.71 bits per heavy atom. The maximum absolute atomic E-state index is 12.8. The van der Waals surface area contributed by atoms with E-state index in [9.17, 15) is 13.2 Å². The monoisotopic (exact) mass is 481 g/mol. The van der Waals surface area contributed by atoms with E-state index in [1.807, 2.05) is 0 Å². The molecular formula is C19H17BrClN3O3S. The van der Waals surface area contributed by atoms with E-state index in [0.717, 1.165) is 4.47 Å². The molecule has 2 N–H and O–H groups in total. The van der Waals surface area contributed by atoms with E-state index in [1.165, 1.54) is 22.8 Å². The van der Waals surface area contributed by atoms with Crippen LogP contribution in [0.5, 0.6) is 0 Å². The van der Waals surface area contributed by atoms with Crippen molar-refractivity contribution in [2.24, 2.45) is 7.05 Å². The molecule has 2 aromatic carbocycles. The van der Waals surface area contributed by atoms with Gasteiger partial charge in [0.25, 0.3) is 15.6 Å². The highest BCUT2D eigenvalue weighted by Crippen LogP contribution is 2.32. The number of aryl methyl sites for hydroxylation is 1. The Morgan fingerprint density at radius 3 is 2.36 bits per heavy atom. The maximum atomic E-state index is 12.8. The van der Waals surface area contributed by atoms with Crippen LogP contribution in [0.2, 0.25) is 5.02 Å². The van der Waals surface area contributed by atoms with Gasteiger partial charge in [-0.25, -0.2) is 8.42 Å². The fourth-order valence-corrected chi connectivity index (χ4v) is 4.44. The van der Waals surface area contributed by atoms with E-state index in [-0.39, 0.29) is 22.0 Å². The minimum absolute atomic E-state index is 0.120. The van der Waals surface area contributed by atoms with Crippen molar-refractivity contribution in [1.29, 1.82) is 0 Å². The SMILES string of the molecule is Cc1cc(NS(=O)(=O)c2ccccc2)c(Nc2ccc(Br)cc2Cl)n(C)c1=O. The van der Waals surface area contributed by atoms with Crippen LogP contribution in [0.15, 0.2) is 68.8 Å². The summed E-state index contributed by atoms with van der Waals surface area (Å²) in [6, 6.07) is 14.7. The predicted molar refractivity (Wildman–Crippen MR) is 116 cm³/mol. The van der Waals surface area contributed by atoms with Crippen LogP contribution in [0.3, 0.4) is 0 Å². The highest BCUT2D eigenvalue weighted by molar-refractivity contribution is 9.10. The van der Waals surface area contributed by atoms with Crippen molar-refractivity contribution >= 4 is 54.7 Å². The summed E-state index contributed by atoms with van der Waals surface area (Å²) in [4.78, 5) is 12.5. The number of benzene rings is 2. The number of sulfonamides is 1. The van der Waals surface area contributed by atoms with E-state index in [0.29, 0.717) is 16.3 Å². The minimum Gasteiger partial charge on any atom is -0.339 e. The molecule has 1 heterocycles. The molecule has 0 bridgehead atoms. The second kappa shape index (κ2) is 7.98. The lowest BCUT2D eigenvalue weighted by Crippen LogP contribution is -2.24. The van der Waals surface area contributed by atoms with E-state index >= 15 is 0 Å². The number of nitrogens with zero attached hydrogens (tertiary/aromatic N) is 1. The predicted octanol–water partition coefficient (Wildman–Crippen LogP) is 4.65. The highest BCUT2D eigenvalue weighted by atomic mass is 79.9. The second-order valence-electron chi connectivity index (χ2n) is 6.12. The Labute approximate surface area is 176 Å². The molecule has 0 saturated carbocycles. The quantitative estimate of drug-likeness (QED) is 0.554. The van der Waals surface area contributed by atoms with Gasteiger partial charge in [0.1, 0.15) is 5.82 Å². The number of hydrogen-bond donors (Lipinski definition) is 2. The van der Waals surface area contributed by atoms with Crippen molar-refractivity contribution in [3.63, 3.8) is 0 Å². The Hall–Kier alpha value is -2.29. The summed E-state index contributed by atoms with van der Waals surface area (Å²) in [5.74, 6) is 0.277. The summed E-state index contributed by atoms with van der Waals surface area (Å²) in [5, 5.41) is 3.48. The molecule has 0 amide bonds. The van der Waals surface area contributed by atoms with Gasteiger partial charge in [0.15, 0.2) is 0 Å². The van der Waals surface area contributed by atoms with Crippen LogP contribution in [-0.2, 0) is 17.1 Å². The van der Waals surface area contributed by atoms with Crippen LogP contribution >= 0.6 is 27.5 Å². The summed E-state index contributed by atoms with van der Waals surface area (Å²) >= 11 is 9.60. The fourth-order valence-electron chi connectivity index (χ4n) is 2.64. The standard InChI is InChI=1S/C19H17BrClN3O3S/c1-12-10-17(23-28(26,27)14-6-4-3-5-7-14)18(24(2)19(12)25)22-16-9-8-13(20)11-15(16)21/h3-11,22-23H,1-2H3. The first-order valence-electron chi connectivity index (χ1n) is 8.19. The molecule has 146 valence electrons. The Kier molecular flexibility index (Phi) is 5.83. The number of nitrogens with one attached hydrogen (secondary N) is 2. The number of rotatable bonds is 5. The van der Waals surface area contributed by atoms with Gasteiger partial charge in [0.2, 0.25) is 0 Å². The highest BCUT2D eigenvalue weighted by Gasteiger charge is 2.19. The normalized spacial score (nSPS) is 11.3. The molecule has 3 rings (SSSR count). The van der Waals surface area contributed by atoms with Gasteiger partial charge in [-0.1, -0.05) is 45.7 Å². The molecule has 1 aromatic heterocycles. The number of hydrogen-bond acceptors (Lipinski definition) is 4. The van der Waals surface area contributed by atoms with Crippen LogP contribution < -0.4 is 15.6 Å². The van der Waals surface area contributed by atoms with Crippen molar-refractivity contribution < 1.29 is 8.42 Å². The molecule has 0 fully saturated rings. The molecule has 0 aliphatic carbocycles. The van der Waals surface area contributed by atoms with E-state index in [1.54, 1.807) is 50.4 Å². The lowest BCUT2D eigenvalue weighted by Gasteiger charge is -2.19. The summed E-state index contributed by atoms with van der Waals surface area (Å²) < 4.78 is 30.2. The summed E-state index contributed by atoms with van der Waals surface area (Å²) in [6.07, 6.45) is 0. The molecule has 0 aliphatic rings. The zero-order valence-electron chi connectivity index (χ0n) is 15.0. The Balaban J connectivity index is 2.10. The summed E-state index contributed by atoms with van der Waals surface area (Å²) in [6.45, 7) is 1.62. The molecule has 28 heavy (non-hydrogen) atoms. The molecule has 3 aromatic rings. The molecule has 0 saturated heterocycles. The van der Waals surface area contributed by atoms with E-state index in [4.69, 9.17) is 11.6 Å². The molecule has 0 unspecified atom stereocenters. The van der Waals surface area contributed by atoms with Crippen molar-refractivity contribution in [3.8, 4) is 0 Å². The van der Waals surface area contributed by atoms with Gasteiger partial charge in [0.05, 0.1) is 21.3 Å². The zero-order valence-corrected chi connectivity index (χ0v) is 18.2. The van der Waals surface area contributed by atoms with Gasteiger partial charge in [-0.3, -0.25) is 14.1 Å². The van der Waals surface area contributed by atoms with Gasteiger partial charge in [-0.05, 0) is 43.3 Å². The van der Waals surface area contributed by atoms with Crippen molar-refractivity contribution in [1.82, 2.24) is 4.57 Å². The van der Waals surface area contributed by atoms with Gasteiger partial charge in [-0.15, -0.1) is 0 Å². The van der Waals surface area contributed by atoms with E-state index in [2.05, 4.69) is 26.0 Å². The second-order valence-corrected chi connectivity index (χ2v) is 9.13. The summed E-state index contributed by atoms with van der Waals surface area (Å²) in [7, 11) is -2.28. The molecule has 0 atom stereocenters. The average Bonchev–Trinajstić information content (AvgIpc) is 2.65. The maximum Gasteiger partial charge on any atom is 0.262 e. The van der Waals surface area contributed by atoms with Crippen molar-refractivity contribution in [2.75, 3.05) is 10.0 Å². The number of anilines is 3. The molecule has 6 nitrogen and oxygen atoms in total. The van der Waals surface area contributed by atoms with Gasteiger partial charge in [-0.2, -0.15) is 0 Å². The lowest BCUT2D eigenvalue weighted by atomic mass is 10.2. The van der Waals surface area contributed by atoms with Crippen LogP contribution in [0.25, 0.3) is 0 Å². The largest absolute Gasteiger partial charge is 0.339 e. The van der Waals surface area contributed by atoms with Crippen molar-refractivity contribution in [3.05, 3.63) is 80.0 Å². The van der Waals surface area contributed by atoms with E-state index < -0.39 is 10.0 Å². The topological polar surface area (TPSA) is 80.2 Å². The third kappa shape index (κ3) is 4.24.